The van der Waals surface area contributed by atoms with Crippen molar-refractivity contribution in [2.45, 2.75) is 25.4 Å². The van der Waals surface area contributed by atoms with E-state index < -0.39 is 0 Å². The molecular formula is C26H33N5O3. The number of carbonyl (C=O) groups is 2. The number of carbonyl (C=O) groups excluding carboxylic acids is 2. The molecule has 8 heteroatoms. The summed E-state index contributed by atoms with van der Waals surface area (Å²) in [5.74, 6) is -0.116. The third-order valence-corrected chi connectivity index (χ3v) is 6.31. The number of hydrogen-bond donors (Lipinski definition) is 0. The zero-order valence-electron chi connectivity index (χ0n) is 19.6. The lowest BCUT2D eigenvalue weighted by Gasteiger charge is -2.34. The Morgan fingerprint density at radius 2 is 1.94 bits per heavy atom. The molecule has 2 fully saturated rings. The number of benzene rings is 1. The molecule has 34 heavy (non-hydrogen) atoms. The molecule has 0 spiro atoms. The van der Waals surface area contributed by atoms with Crippen molar-refractivity contribution >= 4 is 17.9 Å². The quantitative estimate of drug-likeness (QED) is 0.568. The fourth-order valence-corrected chi connectivity index (χ4v) is 4.35. The third-order valence-electron chi connectivity index (χ3n) is 6.31. The van der Waals surface area contributed by atoms with Gasteiger partial charge in [-0.1, -0.05) is 42.5 Å². The number of rotatable bonds is 9. The smallest absolute Gasteiger partial charge is 0.274 e. The third kappa shape index (κ3) is 6.95. The summed E-state index contributed by atoms with van der Waals surface area (Å²) in [5, 5.41) is 0. The zero-order valence-corrected chi connectivity index (χ0v) is 19.6. The largest absolute Gasteiger partial charge is 0.376 e. The maximum Gasteiger partial charge on any atom is 0.274 e. The predicted molar refractivity (Wildman–Crippen MR) is 130 cm³/mol. The van der Waals surface area contributed by atoms with Crippen molar-refractivity contribution in [1.82, 2.24) is 24.7 Å². The first-order valence-electron chi connectivity index (χ1n) is 12.1. The molecule has 0 bridgehead atoms. The van der Waals surface area contributed by atoms with E-state index in [9.17, 15) is 9.59 Å². The van der Waals surface area contributed by atoms with E-state index in [0.717, 1.165) is 39.1 Å². The lowest BCUT2D eigenvalue weighted by Crippen LogP contribution is -2.49. The maximum absolute atomic E-state index is 13.0. The average molecular weight is 464 g/mol. The van der Waals surface area contributed by atoms with Gasteiger partial charge >= 0.3 is 0 Å². The first kappa shape index (κ1) is 24.0. The molecule has 2 saturated heterocycles. The molecule has 0 radical (unpaired) electrons. The van der Waals surface area contributed by atoms with Gasteiger partial charge in [0, 0.05) is 71.2 Å². The topological polar surface area (TPSA) is 78.9 Å². The Balaban J connectivity index is 1.24. The van der Waals surface area contributed by atoms with Gasteiger partial charge in [0.05, 0.1) is 12.3 Å². The van der Waals surface area contributed by atoms with Gasteiger partial charge < -0.3 is 14.5 Å². The Bertz CT molecular complexity index is 939. The van der Waals surface area contributed by atoms with Crippen LogP contribution in [-0.2, 0) is 9.53 Å². The highest BCUT2D eigenvalue weighted by atomic mass is 16.5. The Hall–Kier alpha value is -3.10. The molecule has 2 aliphatic rings. The molecule has 1 aromatic carbocycles. The summed E-state index contributed by atoms with van der Waals surface area (Å²) >= 11 is 0. The monoisotopic (exact) mass is 463 g/mol. The highest BCUT2D eigenvalue weighted by Crippen LogP contribution is 2.15. The van der Waals surface area contributed by atoms with Crippen molar-refractivity contribution in [3.8, 4) is 0 Å². The minimum absolute atomic E-state index is 0.0169. The molecule has 4 rings (SSSR count). The van der Waals surface area contributed by atoms with Gasteiger partial charge in [0.2, 0.25) is 5.91 Å². The Morgan fingerprint density at radius 1 is 1.12 bits per heavy atom. The van der Waals surface area contributed by atoms with E-state index in [0.29, 0.717) is 38.3 Å². The van der Waals surface area contributed by atoms with Crippen molar-refractivity contribution < 1.29 is 14.3 Å². The van der Waals surface area contributed by atoms with Crippen LogP contribution in [0.4, 0.5) is 0 Å². The Morgan fingerprint density at radius 3 is 2.65 bits per heavy atom. The number of piperazine rings is 1. The van der Waals surface area contributed by atoms with Crippen LogP contribution in [0.2, 0.25) is 0 Å². The normalized spacial score (nSPS) is 18.9. The second-order valence-corrected chi connectivity index (χ2v) is 8.72. The molecule has 0 N–H and O–H groups in total. The van der Waals surface area contributed by atoms with Gasteiger partial charge in [-0.2, -0.15) is 0 Å². The van der Waals surface area contributed by atoms with Crippen LogP contribution in [0.3, 0.4) is 0 Å². The summed E-state index contributed by atoms with van der Waals surface area (Å²) in [6.45, 7) is 5.55. The summed E-state index contributed by atoms with van der Waals surface area (Å²) in [7, 11) is 0. The predicted octanol–water partition coefficient (Wildman–Crippen LogP) is 2.35. The van der Waals surface area contributed by atoms with Gasteiger partial charge in [-0.15, -0.1) is 0 Å². The van der Waals surface area contributed by atoms with Crippen LogP contribution in [0, 0.1) is 0 Å². The molecule has 1 aromatic heterocycles. The van der Waals surface area contributed by atoms with Gasteiger partial charge in [-0.25, -0.2) is 4.98 Å². The van der Waals surface area contributed by atoms with Gasteiger partial charge in [0.25, 0.3) is 5.91 Å². The van der Waals surface area contributed by atoms with Crippen LogP contribution < -0.4 is 0 Å². The zero-order chi connectivity index (χ0) is 23.6. The number of aromatic nitrogens is 2. The number of nitrogens with zero attached hydrogens (tertiary/aromatic N) is 5. The molecule has 0 aliphatic carbocycles. The Kier molecular flexibility index (Phi) is 8.76. The molecule has 1 atom stereocenters. The van der Waals surface area contributed by atoms with Crippen LogP contribution in [0.25, 0.3) is 6.08 Å². The molecule has 2 aliphatic heterocycles. The SMILES string of the molecule is O=C(CCN(CC1CCCO1)C(=O)c1cnccn1)N1CCN(CC=Cc2ccccc2)CC1. The standard InChI is InChI=1S/C26H33N5O3/c32-25(30-17-15-29(16-18-30)13-4-8-22-6-2-1-3-7-22)10-14-31(21-23-9-5-19-34-23)26(33)24-20-27-11-12-28-24/h1-4,6-8,11-12,20,23H,5,9-10,13-19,21H2. The lowest BCUT2D eigenvalue weighted by atomic mass is 10.2. The summed E-state index contributed by atoms with van der Waals surface area (Å²) in [6, 6.07) is 10.3. The van der Waals surface area contributed by atoms with E-state index in [1.54, 1.807) is 11.1 Å². The summed E-state index contributed by atoms with van der Waals surface area (Å²) in [5.41, 5.74) is 1.49. The highest BCUT2D eigenvalue weighted by molar-refractivity contribution is 5.92. The van der Waals surface area contributed by atoms with Crippen molar-refractivity contribution in [3.63, 3.8) is 0 Å². The van der Waals surface area contributed by atoms with E-state index in [1.807, 2.05) is 23.1 Å². The van der Waals surface area contributed by atoms with Gasteiger partial charge in [-0.05, 0) is 18.4 Å². The summed E-state index contributed by atoms with van der Waals surface area (Å²) in [4.78, 5) is 40.0. The average Bonchev–Trinajstić information content (AvgIpc) is 3.41. The molecule has 3 heterocycles. The maximum atomic E-state index is 13.0. The van der Waals surface area contributed by atoms with Crippen molar-refractivity contribution in [2.24, 2.45) is 0 Å². The van der Waals surface area contributed by atoms with Crippen LogP contribution in [0.15, 0.2) is 55.0 Å². The minimum atomic E-state index is -0.202. The van der Waals surface area contributed by atoms with E-state index >= 15 is 0 Å². The van der Waals surface area contributed by atoms with Crippen molar-refractivity contribution in [3.05, 3.63) is 66.3 Å². The molecule has 2 amide bonds. The van der Waals surface area contributed by atoms with Crippen LogP contribution in [0.1, 0.15) is 35.3 Å². The minimum Gasteiger partial charge on any atom is -0.376 e. The fraction of sp³-hybridized carbons (Fsp3) is 0.462. The molecule has 180 valence electrons. The highest BCUT2D eigenvalue weighted by Gasteiger charge is 2.26. The van der Waals surface area contributed by atoms with Crippen LogP contribution >= 0.6 is 0 Å². The molecule has 8 nitrogen and oxygen atoms in total. The van der Waals surface area contributed by atoms with E-state index in [4.69, 9.17) is 4.74 Å². The molecular weight excluding hydrogens is 430 g/mol. The first-order chi connectivity index (χ1) is 16.7. The Labute approximate surface area is 201 Å². The van der Waals surface area contributed by atoms with Crippen molar-refractivity contribution in [1.29, 1.82) is 0 Å². The molecule has 2 aromatic rings. The van der Waals surface area contributed by atoms with E-state index in [2.05, 4.69) is 39.2 Å². The number of hydrogen-bond acceptors (Lipinski definition) is 6. The second kappa shape index (κ2) is 12.4. The summed E-state index contributed by atoms with van der Waals surface area (Å²) < 4.78 is 5.73. The van der Waals surface area contributed by atoms with Gasteiger partial charge in [-0.3, -0.25) is 19.5 Å². The van der Waals surface area contributed by atoms with Gasteiger partial charge in [0.15, 0.2) is 0 Å². The first-order valence-corrected chi connectivity index (χ1v) is 12.1. The molecule has 1 unspecified atom stereocenters. The fourth-order valence-electron chi connectivity index (χ4n) is 4.35. The summed E-state index contributed by atoms with van der Waals surface area (Å²) in [6.07, 6.45) is 11.1. The van der Waals surface area contributed by atoms with Crippen LogP contribution in [-0.4, -0.2) is 95.0 Å². The van der Waals surface area contributed by atoms with E-state index in [-0.39, 0.29) is 17.9 Å². The van der Waals surface area contributed by atoms with Gasteiger partial charge in [0.1, 0.15) is 5.69 Å². The molecule has 0 saturated carbocycles. The van der Waals surface area contributed by atoms with Crippen molar-refractivity contribution in [2.75, 3.05) is 52.4 Å². The lowest BCUT2D eigenvalue weighted by molar-refractivity contribution is -0.133. The second-order valence-electron chi connectivity index (χ2n) is 8.72. The van der Waals surface area contributed by atoms with E-state index in [1.165, 1.54) is 18.0 Å². The number of ether oxygens (including phenoxy) is 1. The van der Waals surface area contributed by atoms with Crippen LogP contribution in [0.5, 0.6) is 0 Å². The number of amides is 2.